The second-order valence-electron chi connectivity index (χ2n) is 4.81. The van der Waals surface area contributed by atoms with Crippen LogP contribution in [0.3, 0.4) is 0 Å². The van der Waals surface area contributed by atoms with Gasteiger partial charge in [0, 0.05) is 5.38 Å². The summed E-state index contributed by atoms with van der Waals surface area (Å²) in [6.07, 6.45) is 0. The number of thiazole rings is 1. The van der Waals surface area contributed by atoms with Gasteiger partial charge in [0.25, 0.3) is 5.19 Å². The van der Waals surface area contributed by atoms with Crippen LogP contribution in [0.15, 0.2) is 29.6 Å². The first-order valence-corrected chi connectivity index (χ1v) is 6.60. The zero-order valence-corrected chi connectivity index (χ0v) is 11.6. The Hall–Kier alpha value is -1.06. The third-order valence-electron chi connectivity index (χ3n) is 2.38. The highest BCUT2D eigenvalue weighted by molar-refractivity contribution is 7.11. The van der Waals surface area contributed by atoms with Crippen molar-refractivity contribution in [3.63, 3.8) is 0 Å². The van der Waals surface area contributed by atoms with Crippen LogP contribution in [0.5, 0.6) is 10.9 Å². The molecule has 0 saturated heterocycles. The molecule has 0 aliphatic rings. The Bertz CT molecular complexity index is 499. The number of ether oxygens (including phenoxy) is 1. The number of rotatable bonds is 2. The van der Waals surface area contributed by atoms with E-state index in [9.17, 15) is 0 Å². The highest BCUT2D eigenvalue weighted by Crippen LogP contribution is 2.29. The molecule has 2 aromatic rings. The van der Waals surface area contributed by atoms with Crippen molar-refractivity contribution in [3.05, 3.63) is 40.4 Å². The van der Waals surface area contributed by atoms with Crippen molar-refractivity contribution in [1.29, 1.82) is 0 Å². The zero-order chi connectivity index (χ0) is 12.5. The van der Waals surface area contributed by atoms with Crippen LogP contribution in [0.25, 0.3) is 0 Å². The summed E-state index contributed by atoms with van der Waals surface area (Å²) in [7, 11) is 0. The Balaban J connectivity index is 2.13. The van der Waals surface area contributed by atoms with Crippen molar-refractivity contribution in [2.24, 2.45) is 0 Å². The number of aromatic nitrogens is 1. The number of nitrogens with zero attached hydrogens (tertiary/aromatic N) is 1. The van der Waals surface area contributed by atoms with E-state index in [1.165, 1.54) is 16.9 Å². The lowest BCUT2D eigenvalue weighted by Crippen LogP contribution is -2.10. The average Bonchev–Trinajstić information content (AvgIpc) is 2.63. The molecule has 0 fully saturated rings. The number of hydrogen-bond donors (Lipinski definition) is 0. The summed E-state index contributed by atoms with van der Waals surface area (Å²) in [5.74, 6) is 0.781. The number of halogens is 1. The molecule has 1 aromatic heterocycles. The second kappa shape index (κ2) is 4.67. The third-order valence-corrected chi connectivity index (χ3v) is 3.42. The highest BCUT2D eigenvalue weighted by atomic mass is 35.5. The maximum Gasteiger partial charge on any atom is 0.280 e. The summed E-state index contributed by atoms with van der Waals surface area (Å²) in [4.78, 5) is 4.04. The summed E-state index contributed by atoms with van der Waals surface area (Å²) < 4.78 is 5.59. The maximum absolute atomic E-state index is 5.73. The fourth-order valence-corrected chi connectivity index (χ4v) is 2.22. The summed E-state index contributed by atoms with van der Waals surface area (Å²) in [6, 6.07) is 8.06. The van der Waals surface area contributed by atoms with E-state index in [4.69, 9.17) is 16.3 Å². The topological polar surface area (TPSA) is 22.1 Å². The van der Waals surface area contributed by atoms with Crippen LogP contribution >= 0.6 is 22.9 Å². The molecule has 1 aromatic carbocycles. The second-order valence-corrected chi connectivity index (χ2v) is 6.02. The fraction of sp³-hybridized carbons (Fsp3) is 0.308. The van der Waals surface area contributed by atoms with Crippen LogP contribution < -0.4 is 4.74 Å². The van der Waals surface area contributed by atoms with Gasteiger partial charge in [0.15, 0.2) is 0 Å². The van der Waals surface area contributed by atoms with E-state index in [0.717, 1.165) is 5.75 Å². The van der Waals surface area contributed by atoms with Crippen LogP contribution in [0.4, 0.5) is 0 Å². The molecule has 17 heavy (non-hydrogen) atoms. The van der Waals surface area contributed by atoms with E-state index in [1.54, 1.807) is 5.38 Å². The number of hydrogen-bond acceptors (Lipinski definition) is 3. The first-order valence-electron chi connectivity index (χ1n) is 5.34. The molecule has 0 bridgehead atoms. The molecule has 0 amide bonds. The van der Waals surface area contributed by atoms with Gasteiger partial charge < -0.3 is 4.74 Å². The lowest BCUT2D eigenvalue weighted by atomic mass is 9.87. The molecule has 1 heterocycles. The van der Waals surface area contributed by atoms with E-state index in [1.807, 2.05) is 12.1 Å². The SMILES string of the molecule is CC(C)(C)c1ccc(Oc2nc(Cl)cs2)cc1. The van der Waals surface area contributed by atoms with Crippen LogP contribution in [-0.2, 0) is 5.41 Å². The molecule has 90 valence electrons. The normalized spacial score (nSPS) is 11.5. The Labute approximate surface area is 110 Å². The number of benzene rings is 1. The first kappa shape index (κ1) is 12.4. The van der Waals surface area contributed by atoms with Gasteiger partial charge in [-0.05, 0) is 23.1 Å². The van der Waals surface area contributed by atoms with Gasteiger partial charge in [-0.25, -0.2) is 0 Å². The van der Waals surface area contributed by atoms with Gasteiger partial charge >= 0.3 is 0 Å². The molecular weight excluding hydrogens is 254 g/mol. The molecular formula is C13H14ClNOS. The van der Waals surface area contributed by atoms with Crippen molar-refractivity contribution in [1.82, 2.24) is 4.98 Å². The summed E-state index contributed by atoms with van der Waals surface area (Å²) in [6.45, 7) is 6.55. The predicted molar refractivity (Wildman–Crippen MR) is 72.3 cm³/mol. The molecule has 0 unspecified atom stereocenters. The van der Waals surface area contributed by atoms with Crippen molar-refractivity contribution >= 4 is 22.9 Å². The standard InChI is InChI=1S/C13H14ClNOS/c1-13(2,3)9-4-6-10(7-5-9)16-12-15-11(14)8-17-12/h4-8H,1-3H3. The lowest BCUT2D eigenvalue weighted by Gasteiger charge is -2.18. The predicted octanol–water partition coefficient (Wildman–Crippen LogP) is 4.89. The van der Waals surface area contributed by atoms with Crippen molar-refractivity contribution < 1.29 is 4.74 Å². The Morgan fingerprint density at radius 3 is 2.29 bits per heavy atom. The molecule has 2 nitrogen and oxygen atoms in total. The average molecular weight is 268 g/mol. The van der Waals surface area contributed by atoms with Crippen molar-refractivity contribution in [3.8, 4) is 10.9 Å². The van der Waals surface area contributed by atoms with Gasteiger partial charge in [-0.2, -0.15) is 4.98 Å². The quantitative estimate of drug-likeness (QED) is 0.773. The maximum atomic E-state index is 5.73. The molecule has 0 aliphatic carbocycles. The van der Waals surface area contributed by atoms with Crippen molar-refractivity contribution in [2.45, 2.75) is 26.2 Å². The van der Waals surface area contributed by atoms with Gasteiger partial charge in [-0.15, -0.1) is 0 Å². The van der Waals surface area contributed by atoms with Crippen LogP contribution in [0.1, 0.15) is 26.3 Å². The molecule has 0 radical (unpaired) electrons. The Kier molecular flexibility index (Phi) is 3.40. The van der Waals surface area contributed by atoms with Gasteiger partial charge in [-0.1, -0.05) is 55.8 Å². The Morgan fingerprint density at radius 2 is 1.82 bits per heavy atom. The summed E-state index contributed by atoms with van der Waals surface area (Å²) >= 11 is 7.12. The molecule has 2 rings (SSSR count). The van der Waals surface area contributed by atoms with E-state index >= 15 is 0 Å². The molecule has 4 heteroatoms. The molecule has 0 saturated carbocycles. The summed E-state index contributed by atoms with van der Waals surface area (Å²) in [5, 5.41) is 2.79. The van der Waals surface area contributed by atoms with E-state index in [-0.39, 0.29) is 5.41 Å². The minimum atomic E-state index is 0.156. The van der Waals surface area contributed by atoms with Crippen LogP contribution in [0, 0.1) is 0 Å². The zero-order valence-electron chi connectivity index (χ0n) is 10.0. The van der Waals surface area contributed by atoms with Crippen LogP contribution in [-0.4, -0.2) is 4.98 Å². The first-order chi connectivity index (χ1) is 7.95. The minimum Gasteiger partial charge on any atom is -0.431 e. The Morgan fingerprint density at radius 1 is 1.18 bits per heavy atom. The molecule has 0 spiro atoms. The molecule has 0 N–H and O–H groups in total. The largest absolute Gasteiger partial charge is 0.431 e. The molecule has 0 atom stereocenters. The minimum absolute atomic E-state index is 0.156. The monoisotopic (exact) mass is 267 g/mol. The highest BCUT2D eigenvalue weighted by Gasteiger charge is 2.13. The summed E-state index contributed by atoms with van der Waals surface area (Å²) in [5.41, 5.74) is 1.44. The van der Waals surface area contributed by atoms with E-state index in [2.05, 4.69) is 37.9 Å². The van der Waals surface area contributed by atoms with Crippen molar-refractivity contribution in [2.75, 3.05) is 0 Å². The van der Waals surface area contributed by atoms with Gasteiger partial charge in [0.05, 0.1) is 0 Å². The fourth-order valence-electron chi connectivity index (χ4n) is 1.41. The van der Waals surface area contributed by atoms with Gasteiger partial charge in [-0.3, -0.25) is 0 Å². The third kappa shape index (κ3) is 3.20. The van der Waals surface area contributed by atoms with Crippen LogP contribution in [0.2, 0.25) is 5.15 Å². The smallest absolute Gasteiger partial charge is 0.280 e. The van der Waals surface area contributed by atoms with Gasteiger partial charge in [0.1, 0.15) is 10.9 Å². The van der Waals surface area contributed by atoms with E-state index in [0.29, 0.717) is 10.3 Å². The molecule has 0 aliphatic heterocycles. The van der Waals surface area contributed by atoms with Gasteiger partial charge in [0.2, 0.25) is 0 Å². The van der Waals surface area contributed by atoms with E-state index < -0.39 is 0 Å². The lowest BCUT2D eigenvalue weighted by molar-refractivity contribution is 0.478.